The summed E-state index contributed by atoms with van der Waals surface area (Å²) in [5.74, 6) is 0.152. The van der Waals surface area contributed by atoms with Gasteiger partial charge >= 0.3 is 0 Å². The third-order valence-electron chi connectivity index (χ3n) is 3.63. The van der Waals surface area contributed by atoms with Crippen LogP contribution in [0.3, 0.4) is 0 Å². The van der Waals surface area contributed by atoms with E-state index >= 15 is 0 Å². The molecule has 1 aliphatic heterocycles. The van der Waals surface area contributed by atoms with Crippen molar-refractivity contribution in [1.29, 1.82) is 0 Å². The lowest BCUT2D eigenvalue weighted by Crippen LogP contribution is -2.52. The maximum Gasteiger partial charge on any atom is 0.254 e. The number of amides is 1. The molecule has 1 fully saturated rings. The number of phenols is 1. The molecule has 18 heavy (non-hydrogen) atoms. The Balaban J connectivity index is 2.10. The van der Waals surface area contributed by atoms with Crippen LogP contribution in [0.25, 0.3) is 0 Å². The van der Waals surface area contributed by atoms with E-state index in [4.69, 9.17) is 0 Å². The first kappa shape index (κ1) is 12.9. The Labute approximate surface area is 108 Å². The Morgan fingerprint density at radius 2 is 2.22 bits per heavy atom. The van der Waals surface area contributed by atoms with E-state index in [1.807, 2.05) is 4.90 Å². The number of carbonyl (C=O) groups excluding carboxylic acids is 1. The number of aromatic hydroxyl groups is 1. The van der Waals surface area contributed by atoms with Crippen LogP contribution >= 0.6 is 0 Å². The molecule has 0 bridgehead atoms. The van der Waals surface area contributed by atoms with Crippen molar-refractivity contribution in [3.05, 3.63) is 29.8 Å². The molecule has 4 heteroatoms. The van der Waals surface area contributed by atoms with Crippen molar-refractivity contribution in [3.63, 3.8) is 0 Å². The summed E-state index contributed by atoms with van der Waals surface area (Å²) in [7, 11) is 2.10. The number of hydrogen-bond acceptors (Lipinski definition) is 3. The molecule has 0 radical (unpaired) electrons. The number of piperazine rings is 1. The standard InChI is InChI=1S/C14H20N2O2/c1-3-12-10-16(8-7-15(12)2)14(18)11-5-4-6-13(17)9-11/h4-6,9,12,17H,3,7-8,10H2,1-2H3. The highest BCUT2D eigenvalue weighted by Gasteiger charge is 2.26. The molecule has 1 unspecified atom stereocenters. The van der Waals surface area contributed by atoms with Gasteiger partial charge in [0.15, 0.2) is 0 Å². The molecule has 98 valence electrons. The largest absolute Gasteiger partial charge is 0.508 e. The van der Waals surface area contributed by atoms with Crippen LogP contribution in [0, 0.1) is 0 Å². The van der Waals surface area contributed by atoms with Crippen LogP contribution in [0.2, 0.25) is 0 Å². The lowest BCUT2D eigenvalue weighted by atomic mass is 10.1. The van der Waals surface area contributed by atoms with Crippen molar-refractivity contribution >= 4 is 5.91 Å². The van der Waals surface area contributed by atoms with E-state index in [9.17, 15) is 9.90 Å². The van der Waals surface area contributed by atoms with Gasteiger partial charge in [0.25, 0.3) is 5.91 Å². The highest BCUT2D eigenvalue weighted by atomic mass is 16.3. The molecule has 1 saturated heterocycles. The van der Waals surface area contributed by atoms with Crippen molar-refractivity contribution < 1.29 is 9.90 Å². The predicted octanol–water partition coefficient (Wildman–Crippen LogP) is 1.56. The van der Waals surface area contributed by atoms with Gasteiger partial charge in [0, 0.05) is 31.2 Å². The lowest BCUT2D eigenvalue weighted by molar-refractivity contribution is 0.0541. The molecule has 1 atom stereocenters. The molecule has 1 aromatic rings. The second kappa shape index (κ2) is 5.40. The molecule has 4 nitrogen and oxygen atoms in total. The SMILES string of the molecule is CCC1CN(C(=O)c2cccc(O)c2)CCN1C. The summed E-state index contributed by atoms with van der Waals surface area (Å²) >= 11 is 0. The predicted molar refractivity (Wildman–Crippen MR) is 70.7 cm³/mol. The number of nitrogens with zero attached hydrogens (tertiary/aromatic N) is 2. The molecule has 0 aromatic heterocycles. The summed E-state index contributed by atoms with van der Waals surface area (Å²) in [5.41, 5.74) is 0.564. The molecule has 0 saturated carbocycles. The van der Waals surface area contributed by atoms with Gasteiger partial charge in [-0.25, -0.2) is 0 Å². The number of rotatable bonds is 2. The van der Waals surface area contributed by atoms with E-state index in [1.54, 1.807) is 18.2 Å². The smallest absolute Gasteiger partial charge is 0.254 e. The summed E-state index contributed by atoms with van der Waals surface area (Å²) in [4.78, 5) is 16.5. The van der Waals surface area contributed by atoms with Crippen LogP contribution in [0.1, 0.15) is 23.7 Å². The van der Waals surface area contributed by atoms with Gasteiger partial charge < -0.3 is 10.0 Å². The molecule has 1 heterocycles. The normalized spacial score (nSPS) is 21.0. The molecule has 1 amide bonds. The molecule has 0 spiro atoms. The summed E-state index contributed by atoms with van der Waals surface area (Å²) in [6.07, 6.45) is 1.04. The highest BCUT2D eigenvalue weighted by Crippen LogP contribution is 2.16. The fourth-order valence-electron chi connectivity index (χ4n) is 2.39. The monoisotopic (exact) mass is 248 g/mol. The lowest BCUT2D eigenvalue weighted by Gasteiger charge is -2.39. The first-order valence-electron chi connectivity index (χ1n) is 6.40. The topological polar surface area (TPSA) is 43.8 Å². The Morgan fingerprint density at radius 3 is 2.89 bits per heavy atom. The van der Waals surface area contributed by atoms with Gasteiger partial charge in [-0.1, -0.05) is 13.0 Å². The van der Waals surface area contributed by atoms with Crippen LogP contribution < -0.4 is 0 Å². The number of likely N-dealkylation sites (N-methyl/N-ethyl adjacent to an activating group) is 1. The third-order valence-corrected chi connectivity index (χ3v) is 3.63. The van der Waals surface area contributed by atoms with Crippen molar-refractivity contribution in [3.8, 4) is 5.75 Å². The Morgan fingerprint density at radius 1 is 1.44 bits per heavy atom. The average molecular weight is 248 g/mol. The van der Waals surface area contributed by atoms with E-state index in [1.165, 1.54) is 6.07 Å². The number of carbonyl (C=O) groups is 1. The fraction of sp³-hybridized carbons (Fsp3) is 0.500. The van der Waals surface area contributed by atoms with Gasteiger partial charge in [-0.05, 0) is 31.7 Å². The van der Waals surface area contributed by atoms with E-state index < -0.39 is 0 Å². The molecule has 0 aliphatic carbocycles. The first-order valence-corrected chi connectivity index (χ1v) is 6.40. The van der Waals surface area contributed by atoms with Gasteiger partial charge in [0.2, 0.25) is 0 Å². The minimum absolute atomic E-state index is 0.0115. The van der Waals surface area contributed by atoms with Crippen molar-refractivity contribution in [2.45, 2.75) is 19.4 Å². The van der Waals surface area contributed by atoms with Crippen LogP contribution in [0.5, 0.6) is 5.75 Å². The quantitative estimate of drug-likeness (QED) is 0.863. The highest BCUT2D eigenvalue weighted by molar-refractivity contribution is 5.94. The Bertz CT molecular complexity index is 434. The summed E-state index contributed by atoms with van der Waals surface area (Å²) in [6, 6.07) is 6.99. The Hall–Kier alpha value is -1.55. The Kier molecular flexibility index (Phi) is 3.87. The van der Waals surface area contributed by atoms with E-state index in [2.05, 4.69) is 18.9 Å². The maximum atomic E-state index is 12.3. The summed E-state index contributed by atoms with van der Waals surface area (Å²) in [6.45, 7) is 4.57. The molecule has 2 rings (SSSR count). The molecular weight excluding hydrogens is 228 g/mol. The zero-order chi connectivity index (χ0) is 13.1. The van der Waals surface area contributed by atoms with Crippen LogP contribution in [-0.2, 0) is 0 Å². The zero-order valence-electron chi connectivity index (χ0n) is 11.0. The maximum absolute atomic E-state index is 12.3. The number of benzene rings is 1. The summed E-state index contributed by atoms with van der Waals surface area (Å²) < 4.78 is 0. The fourth-order valence-corrected chi connectivity index (χ4v) is 2.39. The van der Waals surface area contributed by atoms with Crippen LogP contribution in [0.4, 0.5) is 0 Å². The van der Waals surface area contributed by atoms with Crippen LogP contribution in [0.15, 0.2) is 24.3 Å². The van der Waals surface area contributed by atoms with Gasteiger partial charge in [-0.15, -0.1) is 0 Å². The molecule has 1 N–H and O–H groups in total. The van der Waals surface area contributed by atoms with Crippen molar-refractivity contribution in [1.82, 2.24) is 9.80 Å². The van der Waals surface area contributed by atoms with Gasteiger partial charge in [0.1, 0.15) is 5.75 Å². The molecule has 1 aliphatic rings. The summed E-state index contributed by atoms with van der Waals surface area (Å²) in [5, 5.41) is 9.42. The zero-order valence-corrected chi connectivity index (χ0v) is 11.0. The van der Waals surface area contributed by atoms with Crippen LogP contribution in [-0.4, -0.2) is 53.5 Å². The molecule has 1 aromatic carbocycles. The number of hydrogen-bond donors (Lipinski definition) is 1. The van der Waals surface area contributed by atoms with Gasteiger partial charge in [0.05, 0.1) is 0 Å². The number of phenolic OH excluding ortho intramolecular Hbond substituents is 1. The second-order valence-electron chi connectivity index (χ2n) is 4.84. The molecular formula is C14H20N2O2. The van der Waals surface area contributed by atoms with Crippen molar-refractivity contribution in [2.24, 2.45) is 0 Å². The van der Waals surface area contributed by atoms with E-state index in [0.29, 0.717) is 11.6 Å². The van der Waals surface area contributed by atoms with Gasteiger partial charge in [-0.3, -0.25) is 9.69 Å². The first-order chi connectivity index (χ1) is 8.61. The van der Waals surface area contributed by atoms with E-state index in [0.717, 1.165) is 26.1 Å². The second-order valence-corrected chi connectivity index (χ2v) is 4.84. The minimum Gasteiger partial charge on any atom is -0.508 e. The van der Waals surface area contributed by atoms with E-state index in [-0.39, 0.29) is 11.7 Å². The average Bonchev–Trinajstić information content (AvgIpc) is 2.38. The van der Waals surface area contributed by atoms with Crippen molar-refractivity contribution in [2.75, 3.05) is 26.7 Å². The third kappa shape index (κ3) is 2.64. The van der Waals surface area contributed by atoms with Gasteiger partial charge in [-0.2, -0.15) is 0 Å². The minimum atomic E-state index is 0.0115.